The predicted octanol–water partition coefficient (Wildman–Crippen LogP) is 1.62. The maximum atomic E-state index is 12.1. The average Bonchev–Trinajstić information content (AvgIpc) is 2.44. The van der Waals surface area contributed by atoms with Crippen molar-refractivity contribution in [2.75, 3.05) is 21.3 Å². The van der Waals surface area contributed by atoms with Gasteiger partial charge in [-0.3, -0.25) is 9.59 Å². The molecule has 1 aliphatic rings. The second kappa shape index (κ2) is 5.30. The third-order valence-corrected chi connectivity index (χ3v) is 3.37. The van der Waals surface area contributed by atoms with E-state index in [9.17, 15) is 9.59 Å². The molecule has 0 aliphatic heterocycles. The van der Waals surface area contributed by atoms with Crippen molar-refractivity contribution in [2.24, 2.45) is 5.92 Å². The zero-order valence-electron chi connectivity index (χ0n) is 11.2. The van der Waals surface area contributed by atoms with Gasteiger partial charge >= 0.3 is 5.97 Å². The minimum absolute atomic E-state index is 0.0717. The van der Waals surface area contributed by atoms with Crippen molar-refractivity contribution in [3.05, 3.63) is 23.3 Å². The van der Waals surface area contributed by atoms with Gasteiger partial charge in [0.15, 0.2) is 17.3 Å². The molecule has 1 aromatic rings. The number of rotatable bonds is 3. The highest BCUT2D eigenvalue weighted by molar-refractivity contribution is 6.02. The number of ketones is 1. The Morgan fingerprint density at radius 3 is 2.47 bits per heavy atom. The molecule has 1 aromatic carbocycles. The Hall–Kier alpha value is -2.04. The normalized spacial score (nSPS) is 17.6. The van der Waals surface area contributed by atoms with E-state index in [0.717, 1.165) is 0 Å². The van der Waals surface area contributed by atoms with E-state index in [-0.39, 0.29) is 18.2 Å². The van der Waals surface area contributed by atoms with Gasteiger partial charge in [-0.1, -0.05) is 0 Å². The molecule has 0 amide bonds. The molecule has 1 atom stereocenters. The summed E-state index contributed by atoms with van der Waals surface area (Å²) in [4.78, 5) is 23.7. The van der Waals surface area contributed by atoms with Crippen LogP contribution in [-0.2, 0) is 16.0 Å². The number of benzene rings is 1. The summed E-state index contributed by atoms with van der Waals surface area (Å²) in [5.74, 6) is 0.175. The molecule has 1 aliphatic carbocycles. The third kappa shape index (κ3) is 2.28. The molecular weight excluding hydrogens is 248 g/mol. The maximum absolute atomic E-state index is 12.1. The van der Waals surface area contributed by atoms with Crippen molar-refractivity contribution in [3.8, 4) is 11.5 Å². The maximum Gasteiger partial charge on any atom is 0.309 e. The molecule has 0 fully saturated rings. The van der Waals surface area contributed by atoms with Gasteiger partial charge in [0.05, 0.1) is 27.2 Å². The highest BCUT2D eigenvalue weighted by Crippen LogP contribution is 2.39. The Bertz CT molecular complexity index is 521. The topological polar surface area (TPSA) is 61.8 Å². The molecule has 0 radical (unpaired) electrons. The standard InChI is InChI=1S/C14H16O5/c1-17-12-5-4-9-10(13(12)18-2)6-8(7-11(9)15)14(16)19-3/h4-5,8H,6-7H2,1-3H3. The Balaban J connectivity index is 2.48. The molecular formula is C14H16O5. The summed E-state index contributed by atoms with van der Waals surface area (Å²) in [7, 11) is 4.38. The molecule has 0 bridgehead atoms. The second-order valence-corrected chi connectivity index (χ2v) is 4.38. The van der Waals surface area contributed by atoms with Gasteiger partial charge in [0, 0.05) is 17.5 Å². The van der Waals surface area contributed by atoms with Gasteiger partial charge in [0.2, 0.25) is 0 Å². The smallest absolute Gasteiger partial charge is 0.309 e. The summed E-state index contributed by atoms with van der Waals surface area (Å²) in [6.45, 7) is 0. The molecule has 1 unspecified atom stereocenters. The first-order valence-corrected chi connectivity index (χ1v) is 5.97. The van der Waals surface area contributed by atoms with E-state index in [2.05, 4.69) is 0 Å². The van der Waals surface area contributed by atoms with Crippen molar-refractivity contribution < 1.29 is 23.8 Å². The average molecular weight is 264 g/mol. The summed E-state index contributed by atoms with van der Waals surface area (Å²) in [5, 5.41) is 0. The van der Waals surface area contributed by atoms with Gasteiger partial charge in [0.25, 0.3) is 0 Å². The van der Waals surface area contributed by atoms with Crippen LogP contribution in [0.25, 0.3) is 0 Å². The quantitative estimate of drug-likeness (QED) is 0.776. The van der Waals surface area contributed by atoms with E-state index in [4.69, 9.17) is 14.2 Å². The van der Waals surface area contributed by atoms with Crippen molar-refractivity contribution in [1.29, 1.82) is 0 Å². The van der Waals surface area contributed by atoms with Gasteiger partial charge in [0.1, 0.15) is 0 Å². The zero-order chi connectivity index (χ0) is 14.0. The minimum Gasteiger partial charge on any atom is -0.493 e. The van der Waals surface area contributed by atoms with Gasteiger partial charge in [-0.15, -0.1) is 0 Å². The van der Waals surface area contributed by atoms with E-state index >= 15 is 0 Å². The Morgan fingerprint density at radius 2 is 1.89 bits per heavy atom. The number of ether oxygens (including phenoxy) is 3. The number of hydrogen-bond donors (Lipinski definition) is 0. The zero-order valence-corrected chi connectivity index (χ0v) is 11.2. The van der Waals surface area contributed by atoms with E-state index < -0.39 is 5.92 Å². The lowest BCUT2D eigenvalue weighted by Gasteiger charge is -2.24. The van der Waals surface area contributed by atoms with Crippen LogP contribution < -0.4 is 9.47 Å². The van der Waals surface area contributed by atoms with Gasteiger partial charge in [-0.2, -0.15) is 0 Å². The first-order chi connectivity index (χ1) is 9.12. The lowest BCUT2D eigenvalue weighted by atomic mass is 9.82. The number of carbonyl (C=O) groups is 2. The number of fused-ring (bicyclic) bond motifs is 1. The van der Waals surface area contributed by atoms with Crippen LogP contribution in [0, 0.1) is 5.92 Å². The lowest BCUT2D eigenvalue weighted by Crippen LogP contribution is -2.27. The van der Waals surface area contributed by atoms with Crippen LogP contribution in [0.15, 0.2) is 12.1 Å². The van der Waals surface area contributed by atoms with Crippen molar-refractivity contribution >= 4 is 11.8 Å². The van der Waals surface area contributed by atoms with Crippen LogP contribution >= 0.6 is 0 Å². The number of methoxy groups -OCH3 is 3. The molecule has 0 saturated heterocycles. The summed E-state index contributed by atoms with van der Waals surface area (Å²) >= 11 is 0. The van der Waals surface area contributed by atoms with E-state index in [1.807, 2.05) is 0 Å². The monoisotopic (exact) mass is 264 g/mol. The van der Waals surface area contributed by atoms with Gasteiger partial charge < -0.3 is 14.2 Å². The SMILES string of the molecule is COC(=O)C1CC(=O)c2ccc(OC)c(OC)c2C1. The van der Waals surface area contributed by atoms with Crippen LogP contribution in [0.5, 0.6) is 11.5 Å². The number of hydrogen-bond acceptors (Lipinski definition) is 5. The van der Waals surface area contributed by atoms with Crippen LogP contribution in [0.2, 0.25) is 0 Å². The van der Waals surface area contributed by atoms with Crippen LogP contribution in [0.3, 0.4) is 0 Å². The number of esters is 1. The molecule has 0 aromatic heterocycles. The van der Waals surface area contributed by atoms with Gasteiger partial charge in [-0.05, 0) is 18.6 Å². The Morgan fingerprint density at radius 1 is 1.16 bits per heavy atom. The predicted molar refractivity (Wildman–Crippen MR) is 67.7 cm³/mol. The summed E-state index contributed by atoms with van der Waals surface area (Å²) < 4.78 is 15.2. The first kappa shape index (κ1) is 13.4. The fourth-order valence-electron chi connectivity index (χ4n) is 2.44. The Kier molecular flexibility index (Phi) is 3.74. The number of carbonyl (C=O) groups excluding carboxylic acids is 2. The largest absolute Gasteiger partial charge is 0.493 e. The van der Waals surface area contributed by atoms with E-state index in [1.165, 1.54) is 21.3 Å². The van der Waals surface area contributed by atoms with Crippen molar-refractivity contribution in [2.45, 2.75) is 12.8 Å². The molecule has 5 nitrogen and oxygen atoms in total. The first-order valence-electron chi connectivity index (χ1n) is 5.97. The van der Waals surface area contributed by atoms with Crippen LogP contribution in [-0.4, -0.2) is 33.1 Å². The fourth-order valence-corrected chi connectivity index (χ4v) is 2.44. The van der Waals surface area contributed by atoms with Crippen LogP contribution in [0.4, 0.5) is 0 Å². The molecule has 0 saturated carbocycles. The molecule has 19 heavy (non-hydrogen) atoms. The molecule has 102 valence electrons. The summed E-state index contributed by atoms with van der Waals surface area (Å²) in [6.07, 6.45) is 0.600. The highest BCUT2D eigenvalue weighted by Gasteiger charge is 2.33. The summed E-state index contributed by atoms with van der Waals surface area (Å²) in [6, 6.07) is 3.42. The minimum atomic E-state index is -0.453. The van der Waals surface area contributed by atoms with E-state index in [0.29, 0.717) is 29.0 Å². The third-order valence-electron chi connectivity index (χ3n) is 3.37. The molecule has 5 heteroatoms. The molecule has 2 rings (SSSR count). The van der Waals surface area contributed by atoms with Crippen LogP contribution in [0.1, 0.15) is 22.3 Å². The number of Topliss-reactive ketones (excluding diaryl/α,β-unsaturated/α-hetero) is 1. The molecule has 0 spiro atoms. The fraction of sp³-hybridized carbons (Fsp3) is 0.429. The molecule has 0 N–H and O–H groups in total. The second-order valence-electron chi connectivity index (χ2n) is 4.38. The van der Waals surface area contributed by atoms with Crippen molar-refractivity contribution in [3.63, 3.8) is 0 Å². The highest BCUT2D eigenvalue weighted by atomic mass is 16.5. The molecule has 0 heterocycles. The van der Waals surface area contributed by atoms with Crippen molar-refractivity contribution in [1.82, 2.24) is 0 Å². The Labute approximate surface area is 111 Å². The summed E-state index contributed by atoms with van der Waals surface area (Å²) in [5.41, 5.74) is 1.31. The lowest BCUT2D eigenvalue weighted by molar-refractivity contribution is -0.145. The van der Waals surface area contributed by atoms with E-state index in [1.54, 1.807) is 12.1 Å². The van der Waals surface area contributed by atoms with Gasteiger partial charge in [-0.25, -0.2) is 0 Å².